The van der Waals surface area contributed by atoms with Gasteiger partial charge in [-0.25, -0.2) is 4.39 Å². The van der Waals surface area contributed by atoms with E-state index in [2.05, 4.69) is 4.98 Å². The highest BCUT2D eigenvalue weighted by molar-refractivity contribution is 5.35. The largest absolute Gasteiger partial charge is 0.320 e. The molecule has 0 amide bonds. The minimum Gasteiger partial charge on any atom is -0.320 e. The van der Waals surface area contributed by atoms with Crippen molar-refractivity contribution in [3.8, 4) is 0 Å². The van der Waals surface area contributed by atoms with Crippen molar-refractivity contribution in [1.29, 1.82) is 0 Å². The van der Waals surface area contributed by atoms with Gasteiger partial charge in [-0.15, -0.1) is 0 Å². The van der Waals surface area contributed by atoms with Crippen LogP contribution in [0, 0.1) is 5.82 Å². The van der Waals surface area contributed by atoms with Gasteiger partial charge in [-0.1, -0.05) is 25.1 Å². The van der Waals surface area contributed by atoms with Gasteiger partial charge in [-0.2, -0.15) is 0 Å². The fraction of sp³-hybridized carbons (Fsp3) is 0.214. The van der Waals surface area contributed by atoms with Crippen molar-refractivity contribution < 1.29 is 4.39 Å². The zero-order chi connectivity index (χ0) is 12.3. The van der Waals surface area contributed by atoms with Gasteiger partial charge in [0.15, 0.2) is 0 Å². The van der Waals surface area contributed by atoms with Crippen LogP contribution >= 0.6 is 0 Å². The zero-order valence-corrected chi connectivity index (χ0v) is 9.73. The maximum atomic E-state index is 13.7. The topological polar surface area (TPSA) is 38.9 Å². The minimum absolute atomic E-state index is 0.265. The molecule has 1 aromatic heterocycles. The standard InChI is InChI=1S/C14H15FN2/c1-2-10-9-17-8-7-11(10)14(16)12-5-3-4-6-13(12)15/h3-9,14H,2,16H2,1H3. The maximum Gasteiger partial charge on any atom is 0.128 e. The van der Waals surface area contributed by atoms with Gasteiger partial charge in [-0.05, 0) is 29.7 Å². The van der Waals surface area contributed by atoms with Crippen LogP contribution in [-0.4, -0.2) is 4.98 Å². The van der Waals surface area contributed by atoms with Gasteiger partial charge in [0.25, 0.3) is 0 Å². The number of benzene rings is 1. The molecule has 0 fully saturated rings. The van der Waals surface area contributed by atoms with Crippen molar-refractivity contribution in [3.63, 3.8) is 0 Å². The molecule has 0 spiro atoms. The Morgan fingerprint density at radius 3 is 2.71 bits per heavy atom. The first kappa shape index (κ1) is 11.7. The van der Waals surface area contributed by atoms with Gasteiger partial charge in [0, 0.05) is 18.0 Å². The van der Waals surface area contributed by atoms with Crippen LogP contribution in [0.3, 0.4) is 0 Å². The van der Waals surface area contributed by atoms with E-state index in [0.717, 1.165) is 17.5 Å². The molecule has 0 bridgehead atoms. The van der Waals surface area contributed by atoms with Gasteiger partial charge < -0.3 is 5.73 Å². The lowest BCUT2D eigenvalue weighted by atomic mass is 9.95. The summed E-state index contributed by atoms with van der Waals surface area (Å²) in [5, 5.41) is 0. The molecule has 0 aliphatic rings. The smallest absolute Gasteiger partial charge is 0.128 e. The van der Waals surface area contributed by atoms with Gasteiger partial charge >= 0.3 is 0 Å². The molecule has 2 nitrogen and oxygen atoms in total. The Hall–Kier alpha value is -1.74. The fourth-order valence-corrected chi connectivity index (χ4v) is 1.93. The molecular formula is C14H15FN2. The number of halogens is 1. The molecule has 1 unspecified atom stereocenters. The van der Waals surface area contributed by atoms with Crippen molar-refractivity contribution in [2.24, 2.45) is 5.73 Å². The Morgan fingerprint density at radius 1 is 1.24 bits per heavy atom. The highest BCUT2D eigenvalue weighted by Crippen LogP contribution is 2.24. The number of nitrogens with two attached hydrogens (primary N) is 1. The number of rotatable bonds is 3. The highest BCUT2D eigenvalue weighted by Gasteiger charge is 2.15. The quantitative estimate of drug-likeness (QED) is 0.880. The van der Waals surface area contributed by atoms with E-state index >= 15 is 0 Å². The average molecular weight is 230 g/mol. The second-order valence-corrected chi connectivity index (χ2v) is 3.93. The van der Waals surface area contributed by atoms with Gasteiger partial charge in [0.2, 0.25) is 0 Å². The van der Waals surface area contributed by atoms with Crippen molar-refractivity contribution in [1.82, 2.24) is 4.98 Å². The summed E-state index contributed by atoms with van der Waals surface area (Å²) in [7, 11) is 0. The molecule has 0 saturated heterocycles. The van der Waals surface area contributed by atoms with Crippen molar-refractivity contribution in [2.45, 2.75) is 19.4 Å². The first-order valence-electron chi connectivity index (χ1n) is 5.66. The van der Waals surface area contributed by atoms with Crippen LogP contribution in [0.15, 0.2) is 42.7 Å². The summed E-state index contributed by atoms with van der Waals surface area (Å²) in [6.07, 6.45) is 4.32. The van der Waals surface area contributed by atoms with Crippen LogP contribution in [0.5, 0.6) is 0 Å². The van der Waals surface area contributed by atoms with E-state index in [-0.39, 0.29) is 5.82 Å². The summed E-state index contributed by atoms with van der Waals surface area (Å²) in [6.45, 7) is 2.04. The molecule has 0 saturated carbocycles. The minimum atomic E-state index is -0.436. The summed E-state index contributed by atoms with van der Waals surface area (Å²) in [6, 6.07) is 8.04. The molecular weight excluding hydrogens is 215 g/mol. The predicted molar refractivity (Wildman–Crippen MR) is 66.0 cm³/mol. The first-order chi connectivity index (χ1) is 8.24. The molecule has 2 aromatic rings. The van der Waals surface area contributed by atoms with Gasteiger partial charge in [0.1, 0.15) is 5.82 Å². The average Bonchev–Trinajstić information content (AvgIpc) is 2.38. The lowest BCUT2D eigenvalue weighted by Gasteiger charge is -2.16. The summed E-state index contributed by atoms with van der Waals surface area (Å²) in [5.74, 6) is -0.265. The number of aromatic nitrogens is 1. The summed E-state index contributed by atoms with van der Waals surface area (Å²) in [5.41, 5.74) is 8.64. The van der Waals surface area contributed by atoms with Crippen LogP contribution < -0.4 is 5.73 Å². The van der Waals surface area contributed by atoms with Gasteiger partial charge in [0.05, 0.1) is 6.04 Å². The normalized spacial score (nSPS) is 12.4. The number of nitrogens with zero attached hydrogens (tertiary/aromatic N) is 1. The van der Waals surface area contributed by atoms with Crippen LogP contribution in [0.2, 0.25) is 0 Å². The summed E-state index contributed by atoms with van der Waals surface area (Å²) in [4.78, 5) is 4.07. The molecule has 1 aromatic carbocycles. The molecule has 2 N–H and O–H groups in total. The number of hydrogen-bond donors (Lipinski definition) is 1. The van der Waals surface area contributed by atoms with E-state index in [0.29, 0.717) is 5.56 Å². The van der Waals surface area contributed by atoms with E-state index in [1.54, 1.807) is 30.6 Å². The number of aryl methyl sites for hydroxylation is 1. The van der Waals surface area contributed by atoms with E-state index in [1.807, 2.05) is 13.0 Å². The molecule has 88 valence electrons. The molecule has 0 radical (unpaired) electrons. The van der Waals surface area contributed by atoms with Crippen molar-refractivity contribution >= 4 is 0 Å². The first-order valence-corrected chi connectivity index (χ1v) is 5.66. The van der Waals surface area contributed by atoms with E-state index in [4.69, 9.17) is 5.73 Å². The van der Waals surface area contributed by atoms with Crippen LogP contribution in [0.25, 0.3) is 0 Å². The lowest BCUT2D eigenvalue weighted by molar-refractivity contribution is 0.599. The second-order valence-electron chi connectivity index (χ2n) is 3.93. The third kappa shape index (κ3) is 2.34. The molecule has 3 heteroatoms. The van der Waals surface area contributed by atoms with Crippen LogP contribution in [-0.2, 0) is 6.42 Å². The molecule has 2 rings (SSSR count). The van der Waals surface area contributed by atoms with Gasteiger partial charge in [-0.3, -0.25) is 4.98 Å². The zero-order valence-electron chi connectivity index (χ0n) is 9.73. The third-order valence-electron chi connectivity index (χ3n) is 2.90. The summed E-state index contributed by atoms with van der Waals surface area (Å²) < 4.78 is 13.7. The monoisotopic (exact) mass is 230 g/mol. The Morgan fingerprint density at radius 2 is 2.00 bits per heavy atom. The van der Waals surface area contributed by atoms with Crippen molar-refractivity contribution in [3.05, 3.63) is 65.2 Å². The van der Waals surface area contributed by atoms with E-state index < -0.39 is 6.04 Å². The Bertz CT molecular complexity index is 511. The molecule has 1 atom stereocenters. The predicted octanol–water partition coefficient (Wildman–Crippen LogP) is 2.83. The highest BCUT2D eigenvalue weighted by atomic mass is 19.1. The van der Waals surface area contributed by atoms with Crippen molar-refractivity contribution in [2.75, 3.05) is 0 Å². The Kier molecular flexibility index (Phi) is 3.49. The van der Waals surface area contributed by atoms with Crippen LogP contribution in [0.1, 0.15) is 29.7 Å². The van der Waals surface area contributed by atoms with E-state index in [1.165, 1.54) is 6.07 Å². The number of hydrogen-bond acceptors (Lipinski definition) is 2. The molecule has 17 heavy (non-hydrogen) atoms. The van der Waals surface area contributed by atoms with Crippen LogP contribution in [0.4, 0.5) is 4.39 Å². The SMILES string of the molecule is CCc1cnccc1C(N)c1ccccc1F. The number of pyridine rings is 1. The molecule has 0 aliphatic carbocycles. The molecule has 1 heterocycles. The Balaban J connectivity index is 2.44. The second kappa shape index (κ2) is 5.06. The lowest BCUT2D eigenvalue weighted by Crippen LogP contribution is -2.15. The molecule has 0 aliphatic heterocycles. The maximum absolute atomic E-state index is 13.7. The Labute approximate surface area is 100 Å². The summed E-state index contributed by atoms with van der Waals surface area (Å²) >= 11 is 0. The van der Waals surface area contributed by atoms with E-state index in [9.17, 15) is 4.39 Å². The fourth-order valence-electron chi connectivity index (χ4n) is 1.93. The third-order valence-corrected chi connectivity index (χ3v) is 2.90.